The molecule has 4 aromatic rings. The number of hydrogen-bond donors (Lipinski definition) is 2. The maximum atomic E-state index is 13.2. The highest BCUT2D eigenvalue weighted by Gasteiger charge is 2.25. The summed E-state index contributed by atoms with van der Waals surface area (Å²) in [6.07, 6.45) is 0. The average molecular weight is 411 g/mol. The van der Waals surface area contributed by atoms with Crippen molar-refractivity contribution in [2.75, 3.05) is 0 Å². The van der Waals surface area contributed by atoms with Crippen LogP contribution in [0.3, 0.4) is 0 Å². The molecule has 0 saturated heterocycles. The lowest BCUT2D eigenvalue weighted by molar-refractivity contribution is -0.139. The molecule has 0 aliphatic heterocycles. The molecule has 1 unspecified atom stereocenters. The first-order chi connectivity index (χ1) is 15.1. The normalized spacial score (nSPS) is 11.6. The Bertz CT molecular complexity index is 1210. The van der Waals surface area contributed by atoms with Crippen molar-refractivity contribution in [2.24, 2.45) is 0 Å². The van der Waals surface area contributed by atoms with E-state index in [-0.39, 0.29) is 12.2 Å². The smallest absolute Gasteiger partial charge is 0.330 e. The Balaban J connectivity index is 1.68. The van der Waals surface area contributed by atoms with Crippen LogP contribution >= 0.6 is 0 Å². The summed E-state index contributed by atoms with van der Waals surface area (Å²) < 4.78 is 6.10. The molecule has 0 heterocycles. The van der Waals surface area contributed by atoms with Crippen LogP contribution in [0.2, 0.25) is 0 Å². The van der Waals surface area contributed by atoms with Gasteiger partial charge in [0.15, 0.2) is 6.04 Å². The number of carbonyl (C=O) groups is 2. The van der Waals surface area contributed by atoms with Gasteiger partial charge in [0.25, 0.3) is 5.91 Å². The molecule has 0 fully saturated rings. The third kappa shape index (κ3) is 4.56. The SMILES string of the molecule is O=C(NC(C(=O)O)c1ccccc1)c1ccc2ccccc2c1OCc1ccccc1. The molecule has 154 valence electrons. The molecule has 0 spiro atoms. The second-order valence-electron chi connectivity index (χ2n) is 7.09. The van der Waals surface area contributed by atoms with Gasteiger partial charge in [0.05, 0.1) is 5.56 Å². The minimum absolute atomic E-state index is 0.288. The maximum Gasteiger partial charge on any atom is 0.330 e. The predicted octanol–water partition coefficient (Wildman–Crippen LogP) is 4.97. The lowest BCUT2D eigenvalue weighted by Gasteiger charge is -2.18. The first-order valence-corrected chi connectivity index (χ1v) is 9.90. The fraction of sp³-hybridized carbons (Fsp3) is 0.0769. The summed E-state index contributed by atoms with van der Waals surface area (Å²) in [7, 11) is 0. The number of aliphatic carboxylic acids is 1. The molecule has 5 heteroatoms. The van der Waals surface area contributed by atoms with Crippen molar-refractivity contribution < 1.29 is 19.4 Å². The number of carbonyl (C=O) groups excluding carboxylic acids is 1. The summed E-state index contributed by atoms with van der Waals surface area (Å²) in [6.45, 7) is 0.288. The first-order valence-electron chi connectivity index (χ1n) is 9.90. The van der Waals surface area contributed by atoms with Gasteiger partial charge in [-0.25, -0.2) is 4.79 Å². The van der Waals surface area contributed by atoms with Crippen LogP contribution in [0.25, 0.3) is 10.8 Å². The van der Waals surface area contributed by atoms with Crippen molar-refractivity contribution in [3.05, 3.63) is 114 Å². The standard InChI is InChI=1S/C26H21NO4/c28-25(27-23(26(29)30)20-12-5-2-6-13-20)22-16-15-19-11-7-8-14-21(19)24(22)31-17-18-9-3-1-4-10-18/h1-16,23H,17H2,(H,27,28)(H,29,30). The van der Waals surface area contributed by atoms with Crippen molar-refractivity contribution >= 4 is 22.6 Å². The number of amides is 1. The number of benzene rings is 4. The van der Waals surface area contributed by atoms with Gasteiger partial charge in [0, 0.05) is 5.39 Å². The van der Waals surface area contributed by atoms with Gasteiger partial charge >= 0.3 is 5.97 Å². The molecule has 4 rings (SSSR count). The fourth-order valence-corrected chi connectivity index (χ4v) is 3.45. The van der Waals surface area contributed by atoms with Crippen LogP contribution in [0, 0.1) is 0 Å². The fourth-order valence-electron chi connectivity index (χ4n) is 3.45. The van der Waals surface area contributed by atoms with Crippen LogP contribution in [-0.4, -0.2) is 17.0 Å². The van der Waals surface area contributed by atoms with Crippen LogP contribution in [0.4, 0.5) is 0 Å². The van der Waals surface area contributed by atoms with E-state index in [1.807, 2.05) is 60.7 Å². The van der Waals surface area contributed by atoms with Gasteiger partial charge in [0.2, 0.25) is 0 Å². The number of carboxylic acid groups (broad SMARTS) is 1. The van der Waals surface area contributed by atoms with Gasteiger partial charge in [-0.05, 0) is 22.6 Å². The Hall–Kier alpha value is -4.12. The Kier molecular flexibility index (Phi) is 5.94. The molecular formula is C26H21NO4. The van der Waals surface area contributed by atoms with E-state index in [0.717, 1.165) is 16.3 Å². The number of hydrogen-bond acceptors (Lipinski definition) is 3. The molecule has 0 saturated carbocycles. The van der Waals surface area contributed by atoms with Gasteiger partial charge in [-0.15, -0.1) is 0 Å². The summed E-state index contributed by atoms with van der Waals surface area (Å²) in [6, 6.07) is 28.2. The second kappa shape index (κ2) is 9.13. The average Bonchev–Trinajstić information content (AvgIpc) is 2.81. The van der Waals surface area contributed by atoms with Crippen molar-refractivity contribution in [3.8, 4) is 5.75 Å². The molecule has 1 atom stereocenters. The summed E-state index contributed by atoms with van der Waals surface area (Å²) in [5.74, 6) is -1.21. The molecule has 0 bridgehead atoms. The molecule has 1 amide bonds. The Labute approximate surface area is 179 Å². The lowest BCUT2D eigenvalue weighted by atomic mass is 10.0. The second-order valence-corrected chi connectivity index (χ2v) is 7.09. The zero-order chi connectivity index (χ0) is 21.6. The number of rotatable bonds is 7. The molecule has 2 N–H and O–H groups in total. The van der Waals surface area contributed by atoms with Crippen LogP contribution in [0.5, 0.6) is 5.75 Å². The third-order valence-electron chi connectivity index (χ3n) is 5.01. The third-order valence-corrected chi connectivity index (χ3v) is 5.01. The molecule has 31 heavy (non-hydrogen) atoms. The van der Waals surface area contributed by atoms with Gasteiger partial charge < -0.3 is 15.2 Å². The quantitative estimate of drug-likeness (QED) is 0.450. The van der Waals surface area contributed by atoms with Crippen molar-refractivity contribution in [1.29, 1.82) is 0 Å². The largest absolute Gasteiger partial charge is 0.487 e. The lowest BCUT2D eigenvalue weighted by Crippen LogP contribution is -2.34. The highest BCUT2D eigenvalue weighted by Crippen LogP contribution is 2.31. The van der Waals surface area contributed by atoms with Crippen molar-refractivity contribution in [3.63, 3.8) is 0 Å². The zero-order valence-corrected chi connectivity index (χ0v) is 16.7. The highest BCUT2D eigenvalue weighted by molar-refractivity contribution is 6.05. The van der Waals surface area contributed by atoms with Gasteiger partial charge in [-0.2, -0.15) is 0 Å². The number of nitrogens with one attached hydrogen (secondary N) is 1. The molecule has 0 aliphatic rings. The van der Waals surface area contributed by atoms with Gasteiger partial charge in [0.1, 0.15) is 12.4 Å². The van der Waals surface area contributed by atoms with Crippen LogP contribution in [-0.2, 0) is 11.4 Å². The Morgan fingerprint density at radius 1 is 0.806 bits per heavy atom. The molecule has 5 nitrogen and oxygen atoms in total. The van der Waals surface area contributed by atoms with Crippen LogP contribution in [0.15, 0.2) is 97.1 Å². The van der Waals surface area contributed by atoms with E-state index in [9.17, 15) is 14.7 Å². The molecular weight excluding hydrogens is 390 g/mol. The van der Waals surface area contributed by atoms with E-state index >= 15 is 0 Å². The summed E-state index contributed by atoms with van der Waals surface area (Å²) in [5.41, 5.74) is 1.75. The first kappa shape index (κ1) is 20.2. The number of ether oxygens (including phenoxy) is 1. The van der Waals surface area contributed by atoms with E-state index in [4.69, 9.17) is 4.74 Å². The van der Waals surface area contributed by atoms with E-state index in [0.29, 0.717) is 11.3 Å². The van der Waals surface area contributed by atoms with E-state index in [1.54, 1.807) is 36.4 Å². The maximum absolute atomic E-state index is 13.2. The number of carboxylic acids is 1. The van der Waals surface area contributed by atoms with Gasteiger partial charge in [-0.1, -0.05) is 91.0 Å². The molecule has 0 radical (unpaired) electrons. The van der Waals surface area contributed by atoms with E-state index in [2.05, 4.69) is 5.32 Å². The van der Waals surface area contributed by atoms with Crippen LogP contribution < -0.4 is 10.1 Å². The Morgan fingerprint density at radius 2 is 1.45 bits per heavy atom. The summed E-state index contributed by atoms with van der Waals surface area (Å²) in [4.78, 5) is 25.0. The monoisotopic (exact) mass is 411 g/mol. The predicted molar refractivity (Wildman–Crippen MR) is 119 cm³/mol. The van der Waals surface area contributed by atoms with Gasteiger partial charge in [-0.3, -0.25) is 4.79 Å². The summed E-state index contributed by atoms with van der Waals surface area (Å²) >= 11 is 0. The number of fused-ring (bicyclic) bond motifs is 1. The highest BCUT2D eigenvalue weighted by atomic mass is 16.5. The summed E-state index contributed by atoms with van der Waals surface area (Å²) in [5, 5.41) is 14.0. The van der Waals surface area contributed by atoms with Crippen molar-refractivity contribution in [2.45, 2.75) is 12.6 Å². The van der Waals surface area contributed by atoms with Crippen molar-refractivity contribution in [1.82, 2.24) is 5.32 Å². The van der Waals surface area contributed by atoms with E-state index in [1.165, 1.54) is 0 Å². The molecule has 0 aromatic heterocycles. The zero-order valence-electron chi connectivity index (χ0n) is 16.7. The molecule has 0 aliphatic carbocycles. The minimum Gasteiger partial charge on any atom is -0.487 e. The topological polar surface area (TPSA) is 75.6 Å². The molecule has 4 aromatic carbocycles. The minimum atomic E-state index is -1.16. The van der Waals surface area contributed by atoms with Crippen LogP contribution in [0.1, 0.15) is 27.5 Å². The Morgan fingerprint density at radius 3 is 2.16 bits per heavy atom. The van der Waals surface area contributed by atoms with E-state index < -0.39 is 17.9 Å².